The first-order valence-electron chi connectivity index (χ1n) is 12.5. The van der Waals surface area contributed by atoms with Crippen LogP contribution in [-0.4, -0.2) is 26.9 Å². The van der Waals surface area contributed by atoms with E-state index in [0.717, 1.165) is 36.9 Å². The smallest absolute Gasteiger partial charge is 0.287 e. The number of pyridine rings is 1. The van der Waals surface area contributed by atoms with E-state index < -0.39 is 11.7 Å². The molecule has 4 aromatic rings. The zero-order valence-electron chi connectivity index (χ0n) is 20.6. The highest BCUT2D eigenvalue weighted by atomic mass is 16.5. The van der Waals surface area contributed by atoms with E-state index in [0.29, 0.717) is 24.7 Å². The Kier molecular flexibility index (Phi) is 9.52. The zero-order valence-corrected chi connectivity index (χ0v) is 20.6. The zero-order chi connectivity index (χ0) is 25.7. The normalized spacial score (nSPS) is 10.7. The van der Waals surface area contributed by atoms with E-state index in [1.807, 2.05) is 60.7 Å². The Hall–Kier alpha value is -4.33. The highest BCUT2D eigenvalue weighted by molar-refractivity contribution is 6.36. The van der Waals surface area contributed by atoms with Gasteiger partial charge in [-0.15, -0.1) is 10.2 Å². The molecule has 2 aromatic carbocycles. The van der Waals surface area contributed by atoms with Gasteiger partial charge in [0.25, 0.3) is 5.91 Å². The molecule has 0 atom stereocenters. The lowest BCUT2D eigenvalue weighted by molar-refractivity contribution is -0.138. The summed E-state index contributed by atoms with van der Waals surface area (Å²) in [5.74, 6) is 0.188. The molecule has 37 heavy (non-hydrogen) atoms. The number of rotatable bonds is 14. The van der Waals surface area contributed by atoms with Crippen LogP contribution in [0.2, 0.25) is 0 Å². The topological polar surface area (TPSA) is 107 Å². The number of carbonyl (C=O) groups excluding carboxylic acids is 2. The van der Waals surface area contributed by atoms with Crippen LogP contribution < -0.4 is 10.1 Å². The van der Waals surface area contributed by atoms with Crippen molar-refractivity contribution < 1.29 is 18.7 Å². The highest BCUT2D eigenvalue weighted by Crippen LogP contribution is 2.22. The maximum Gasteiger partial charge on any atom is 0.287 e. The van der Waals surface area contributed by atoms with Crippen molar-refractivity contribution in [3.8, 4) is 17.2 Å². The quantitative estimate of drug-likeness (QED) is 0.191. The number of aryl methyl sites for hydroxylation is 1. The van der Waals surface area contributed by atoms with Crippen LogP contribution in [0.15, 0.2) is 83.4 Å². The number of aromatic nitrogens is 3. The number of Topliss-reactive ketones (excluding diaryl/α,β-unsaturated/α-hetero) is 1. The van der Waals surface area contributed by atoms with Crippen LogP contribution in [-0.2, 0) is 29.2 Å². The Morgan fingerprint density at radius 1 is 0.838 bits per heavy atom. The third-order valence-corrected chi connectivity index (χ3v) is 5.80. The summed E-state index contributed by atoms with van der Waals surface area (Å²) in [6.07, 6.45) is 6.73. The summed E-state index contributed by atoms with van der Waals surface area (Å²) in [6.45, 7) is 0.373. The first-order valence-corrected chi connectivity index (χ1v) is 12.5. The Morgan fingerprint density at radius 3 is 2.41 bits per heavy atom. The van der Waals surface area contributed by atoms with Crippen molar-refractivity contribution in [3.63, 3.8) is 0 Å². The van der Waals surface area contributed by atoms with Crippen molar-refractivity contribution in [1.82, 2.24) is 20.5 Å². The van der Waals surface area contributed by atoms with E-state index in [-0.39, 0.29) is 18.9 Å². The average Bonchev–Trinajstić information content (AvgIpc) is 3.43. The molecule has 0 bridgehead atoms. The fraction of sp³-hybridized carbons (Fsp3) is 0.276. The number of hydrogen-bond donors (Lipinski definition) is 1. The van der Waals surface area contributed by atoms with Gasteiger partial charge in [0.1, 0.15) is 12.4 Å². The van der Waals surface area contributed by atoms with Gasteiger partial charge in [-0.1, -0.05) is 49.2 Å². The molecule has 2 aromatic heterocycles. The summed E-state index contributed by atoms with van der Waals surface area (Å²) in [4.78, 5) is 28.5. The van der Waals surface area contributed by atoms with Crippen LogP contribution >= 0.6 is 0 Å². The summed E-state index contributed by atoms with van der Waals surface area (Å²) in [6, 6.07) is 23.3. The molecular formula is C29H30N4O4. The number of nitrogens with zero attached hydrogens (tertiary/aromatic N) is 3. The predicted octanol–water partition coefficient (Wildman–Crippen LogP) is 5.09. The minimum atomic E-state index is -0.626. The first-order chi connectivity index (χ1) is 18.2. The van der Waals surface area contributed by atoms with Crippen molar-refractivity contribution >= 4 is 11.7 Å². The summed E-state index contributed by atoms with van der Waals surface area (Å²) in [7, 11) is 0. The van der Waals surface area contributed by atoms with Gasteiger partial charge in [0, 0.05) is 18.2 Å². The van der Waals surface area contributed by atoms with Gasteiger partial charge in [-0.2, -0.15) is 0 Å². The van der Waals surface area contributed by atoms with E-state index in [1.54, 1.807) is 6.20 Å². The second-order valence-electron chi connectivity index (χ2n) is 8.64. The largest absolute Gasteiger partial charge is 0.487 e. The number of carbonyl (C=O) groups is 2. The molecule has 0 saturated heterocycles. The van der Waals surface area contributed by atoms with E-state index in [4.69, 9.17) is 9.15 Å². The number of ether oxygens (including phenoxy) is 1. The summed E-state index contributed by atoms with van der Waals surface area (Å²) in [5, 5.41) is 10.6. The number of benzene rings is 2. The van der Waals surface area contributed by atoms with Gasteiger partial charge in [0.15, 0.2) is 0 Å². The van der Waals surface area contributed by atoms with E-state index in [2.05, 4.69) is 32.6 Å². The molecule has 190 valence electrons. The lowest BCUT2D eigenvalue weighted by atomic mass is 10.0. The lowest BCUT2D eigenvalue weighted by Gasteiger charge is -2.05. The van der Waals surface area contributed by atoms with Crippen LogP contribution in [0, 0.1) is 0 Å². The first kappa shape index (κ1) is 25.8. The highest BCUT2D eigenvalue weighted by Gasteiger charge is 2.15. The summed E-state index contributed by atoms with van der Waals surface area (Å²) in [5.41, 5.74) is 2.89. The predicted molar refractivity (Wildman–Crippen MR) is 138 cm³/mol. The summed E-state index contributed by atoms with van der Waals surface area (Å²) < 4.78 is 11.4. The van der Waals surface area contributed by atoms with Crippen molar-refractivity contribution in [1.29, 1.82) is 0 Å². The molecule has 0 aliphatic rings. The van der Waals surface area contributed by atoms with Crippen molar-refractivity contribution in [2.45, 2.75) is 51.7 Å². The Bertz CT molecular complexity index is 1260. The maximum atomic E-state index is 12.1. The Labute approximate surface area is 216 Å². The van der Waals surface area contributed by atoms with E-state index in [1.165, 1.54) is 5.56 Å². The molecule has 8 heteroatoms. The number of amides is 1. The SMILES string of the molecule is O=C(CCCCCCc1ccccc1)C(=O)NCc1nnc(-c2ccc(OCc3ccccn3)cc2)o1. The standard InChI is InChI=1S/C29H30N4O4/c34-26(14-7-2-1-4-10-22-11-5-3-6-12-22)28(35)31-20-27-32-33-29(37-27)23-15-17-25(18-16-23)36-21-24-13-8-9-19-30-24/h3,5-6,8-9,11-13,15-19H,1-2,4,7,10,14,20-21H2,(H,31,35). The molecule has 0 radical (unpaired) electrons. The van der Waals surface area contributed by atoms with Crippen molar-refractivity contribution in [2.24, 2.45) is 0 Å². The van der Waals surface area contributed by atoms with Gasteiger partial charge in [0.2, 0.25) is 17.6 Å². The molecule has 1 amide bonds. The van der Waals surface area contributed by atoms with Gasteiger partial charge in [-0.05, 0) is 61.2 Å². The van der Waals surface area contributed by atoms with Crippen LogP contribution in [0.25, 0.3) is 11.5 Å². The van der Waals surface area contributed by atoms with E-state index >= 15 is 0 Å². The van der Waals surface area contributed by atoms with Gasteiger partial charge >= 0.3 is 0 Å². The lowest BCUT2D eigenvalue weighted by Crippen LogP contribution is -2.30. The molecule has 0 aliphatic carbocycles. The molecule has 1 N–H and O–H groups in total. The number of nitrogens with one attached hydrogen (secondary N) is 1. The minimum Gasteiger partial charge on any atom is -0.487 e. The average molecular weight is 499 g/mol. The van der Waals surface area contributed by atoms with Crippen LogP contribution in [0.4, 0.5) is 0 Å². The molecule has 4 rings (SSSR count). The fourth-order valence-electron chi connectivity index (χ4n) is 3.76. The van der Waals surface area contributed by atoms with Crippen LogP contribution in [0.1, 0.15) is 49.3 Å². The van der Waals surface area contributed by atoms with Crippen LogP contribution in [0.3, 0.4) is 0 Å². The number of hydrogen-bond acceptors (Lipinski definition) is 7. The van der Waals surface area contributed by atoms with Gasteiger partial charge < -0.3 is 14.5 Å². The molecule has 0 fully saturated rings. The monoisotopic (exact) mass is 498 g/mol. The molecule has 8 nitrogen and oxygen atoms in total. The third kappa shape index (κ3) is 8.38. The third-order valence-electron chi connectivity index (χ3n) is 5.80. The van der Waals surface area contributed by atoms with Gasteiger partial charge in [-0.25, -0.2) is 0 Å². The van der Waals surface area contributed by atoms with E-state index in [9.17, 15) is 9.59 Å². The maximum absolute atomic E-state index is 12.1. The number of ketones is 1. The molecule has 0 aliphatic heterocycles. The molecule has 0 spiro atoms. The van der Waals surface area contributed by atoms with Crippen molar-refractivity contribution in [3.05, 3.63) is 96.1 Å². The minimum absolute atomic E-state index is 0.0000801. The fourth-order valence-corrected chi connectivity index (χ4v) is 3.76. The van der Waals surface area contributed by atoms with Gasteiger partial charge in [0.05, 0.1) is 12.2 Å². The molecule has 0 saturated carbocycles. The molecular weight excluding hydrogens is 468 g/mol. The number of unbranched alkanes of at least 4 members (excludes halogenated alkanes) is 3. The second-order valence-corrected chi connectivity index (χ2v) is 8.64. The van der Waals surface area contributed by atoms with Crippen molar-refractivity contribution in [2.75, 3.05) is 0 Å². The Balaban J connectivity index is 1.13. The van der Waals surface area contributed by atoms with Crippen LogP contribution in [0.5, 0.6) is 5.75 Å². The molecule has 0 unspecified atom stereocenters. The Morgan fingerprint density at radius 2 is 1.62 bits per heavy atom. The molecule has 2 heterocycles. The summed E-state index contributed by atoms with van der Waals surface area (Å²) >= 11 is 0. The van der Waals surface area contributed by atoms with Gasteiger partial charge in [-0.3, -0.25) is 14.6 Å². The second kappa shape index (κ2) is 13.7.